The van der Waals surface area contributed by atoms with Crippen LogP contribution in [0.25, 0.3) is 11.1 Å². The number of carbonyl (C=O) groups excluding carboxylic acids is 1. The molecular weight excluding hydrogens is 280 g/mol. The number of hydrogen-bond acceptors (Lipinski definition) is 3. The molecule has 3 nitrogen and oxygen atoms in total. The van der Waals surface area contributed by atoms with Crippen LogP contribution in [-0.2, 0) is 6.54 Å². The van der Waals surface area contributed by atoms with Gasteiger partial charge in [-0.05, 0) is 23.3 Å². The van der Waals surface area contributed by atoms with Gasteiger partial charge in [0.25, 0.3) is 5.91 Å². The summed E-state index contributed by atoms with van der Waals surface area (Å²) in [6.45, 7) is 0.464. The molecule has 0 saturated carbocycles. The van der Waals surface area contributed by atoms with Crippen molar-refractivity contribution >= 4 is 17.2 Å². The first-order valence-corrected chi connectivity index (χ1v) is 7.53. The van der Waals surface area contributed by atoms with Crippen molar-refractivity contribution in [3.63, 3.8) is 0 Å². The lowest BCUT2D eigenvalue weighted by molar-refractivity contribution is 0.0951. The zero-order chi connectivity index (χ0) is 14.5. The predicted octanol–water partition coefficient (Wildman–Crippen LogP) is 3.74. The van der Waals surface area contributed by atoms with Gasteiger partial charge in [-0.1, -0.05) is 42.5 Å². The Bertz CT molecular complexity index is 724. The van der Waals surface area contributed by atoms with Crippen LogP contribution >= 0.6 is 11.3 Å². The molecule has 0 bridgehead atoms. The molecule has 1 N–H and O–H groups in total. The third-order valence-corrected chi connectivity index (χ3v) is 3.90. The molecule has 2 aromatic carbocycles. The number of thiazole rings is 1. The van der Waals surface area contributed by atoms with E-state index in [1.54, 1.807) is 6.20 Å². The molecule has 0 aliphatic rings. The lowest BCUT2D eigenvalue weighted by Crippen LogP contribution is -2.22. The van der Waals surface area contributed by atoms with Crippen LogP contribution in [0.1, 0.15) is 15.4 Å². The summed E-state index contributed by atoms with van der Waals surface area (Å²) in [7, 11) is 0. The summed E-state index contributed by atoms with van der Waals surface area (Å²) in [5.74, 6) is -0.0806. The Labute approximate surface area is 127 Å². The highest BCUT2D eigenvalue weighted by molar-refractivity contribution is 7.09. The topological polar surface area (TPSA) is 42.0 Å². The number of carbonyl (C=O) groups is 1. The van der Waals surface area contributed by atoms with Crippen molar-refractivity contribution in [3.8, 4) is 11.1 Å². The molecule has 0 atom stereocenters. The fraction of sp³-hybridized carbons (Fsp3) is 0.0588. The van der Waals surface area contributed by atoms with Crippen LogP contribution in [0.4, 0.5) is 0 Å². The summed E-state index contributed by atoms with van der Waals surface area (Å²) in [5, 5.41) is 5.69. The van der Waals surface area contributed by atoms with Crippen molar-refractivity contribution in [2.24, 2.45) is 0 Å². The molecule has 4 heteroatoms. The van der Waals surface area contributed by atoms with E-state index in [0.717, 1.165) is 16.1 Å². The van der Waals surface area contributed by atoms with Crippen LogP contribution in [0.15, 0.2) is 66.2 Å². The number of benzene rings is 2. The minimum absolute atomic E-state index is 0.0806. The van der Waals surface area contributed by atoms with Crippen molar-refractivity contribution in [3.05, 3.63) is 76.7 Å². The molecule has 104 valence electrons. The SMILES string of the molecule is O=C(NCc1nccs1)c1cccc(-c2ccccc2)c1. The van der Waals surface area contributed by atoms with E-state index in [1.165, 1.54) is 11.3 Å². The zero-order valence-electron chi connectivity index (χ0n) is 11.3. The highest BCUT2D eigenvalue weighted by atomic mass is 32.1. The first-order chi connectivity index (χ1) is 10.3. The monoisotopic (exact) mass is 294 g/mol. The average Bonchev–Trinajstić information content (AvgIpc) is 3.07. The van der Waals surface area contributed by atoms with Crippen LogP contribution in [0.5, 0.6) is 0 Å². The van der Waals surface area contributed by atoms with Crippen molar-refractivity contribution in [2.45, 2.75) is 6.54 Å². The highest BCUT2D eigenvalue weighted by Gasteiger charge is 2.07. The van der Waals surface area contributed by atoms with Gasteiger partial charge in [0.15, 0.2) is 0 Å². The second kappa shape index (κ2) is 6.33. The van der Waals surface area contributed by atoms with Gasteiger partial charge in [-0.3, -0.25) is 4.79 Å². The van der Waals surface area contributed by atoms with E-state index < -0.39 is 0 Å². The van der Waals surface area contributed by atoms with E-state index in [1.807, 2.05) is 60.0 Å². The Morgan fingerprint density at radius 3 is 2.62 bits per heavy atom. The number of nitrogens with zero attached hydrogens (tertiary/aromatic N) is 1. The standard InChI is InChI=1S/C17H14N2OS/c20-17(19-12-16-18-9-10-21-16)15-8-4-7-14(11-15)13-5-2-1-3-6-13/h1-11H,12H2,(H,19,20). The van der Waals surface area contributed by atoms with Crippen LogP contribution < -0.4 is 5.32 Å². The maximum atomic E-state index is 12.2. The molecule has 3 rings (SSSR count). The number of hydrogen-bond donors (Lipinski definition) is 1. The Balaban J connectivity index is 1.75. The van der Waals surface area contributed by atoms with E-state index in [2.05, 4.69) is 10.3 Å². The van der Waals surface area contributed by atoms with Gasteiger partial charge in [-0.15, -0.1) is 11.3 Å². The third-order valence-electron chi connectivity index (χ3n) is 3.12. The number of rotatable bonds is 4. The molecule has 3 aromatic rings. The second-order valence-corrected chi connectivity index (χ2v) is 5.53. The molecule has 0 unspecified atom stereocenters. The van der Waals surface area contributed by atoms with E-state index >= 15 is 0 Å². The van der Waals surface area contributed by atoms with Gasteiger partial charge in [0.05, 0.1) is 6.54 Å². The highest BCUT2D eigenvalue weighted by Crippen LogP contribution is 2.20. The van der Waals surface area contributed by atoms with Crippen molar-refractivity contribution in [2.75, 3.05) is 0 Å². The fourth-order valence-electron chi connectivity index (χ4n) is 2.07. The van der Waals surface area contributed by atoms with Gasteiger partial charge in [0, 0.05) is 17.1 Å². The average molecular weight is 294 g/mol. The van der Waals surface area contributed by atoms with Crippen molar-refractivity contribution in [1.82, 2.24) is 10.3 Å². The third kappa shape index (κ3) is 3.35. The molecule has 21 heavy (non-hydrogen) atoms. The minimum atomic E-state index is -0.0806. The maximum absolute atomic E-state index is 12.2. The lowest BCUT2D eigenvalue weighted by atomic mass is 10.0. The molecule has 0 fully saturated rings. The van der Waals surface area contributed by atoms with Crippen molar-refractivity contribution < 1.29 is 4.79 Å². The maximum Gasteiger partial charge on any atom is 0.251 e. The Hall–Kier alpha value is -2.46. The summed E-state index contributed by atoms with van der Waals surface area (Å²) < 4.78 is 0. The van der Waals surface area contributed by atoms with E-state index in [4.69, 9.17) is 0 Å². The van der Waals surface area contributed by atoms with E-state index in [-0.39, 0.29) is 5.91 Å². The number of amides is 1. The zero-order valence-corrected chi connectivity index (χ0v) is 12.1. The Morgan fingerprint density at radius 2 is 1.86 bits per heavy atom. The quantitative estimate of drug-likeness (QED) is 0.796. The Morgan fingerprint density at radius 1 is 1.05 bits per heavy atom. The van der Waals surface area contributed by atoms with Gasteiger partial charge < -0.3 is 5.32 Å². The first kappa shape index (κ1) is 13.5. The van der Waals surface area contributed by atoms with Gasteiger partial charge in [-0.25, -0.2) is 4.98 Å². The van der Waals surface area contributed by atoms with Crippen LogP contribution in [0.3, 0.4) is 0 Å². The fourth-order valence-corrected chi connectivity index (χ4v) is 2.62. The summed E-state index contributed by atoms with van der Waals surface area (Å²) >= 11 is 1.53. The molecule has 0 aliphatic carbocycles. The lowest BCUT2D eigenvalue weighted by Gasteiger charge is -2.06. The molecule has 1 aromatic heterocycles. The molecule has 0 saturated heterocycles. The summed E-state index contributed by atoms with van der Waals surface area (Å²) in [4.78, 5) is 16.3. The first-order valence-electron chi connectivity index (χ1n) is 6.65. The molecule has 1 amide bonds. The van der Waals surface area contributed by atoms with Crippen molar-refractivity contribution in [1.29, 1.82) is 0 Å². The predicted molar refractivity (Wildman–Crippen MR) is 85.2 cm³/mol. The number of aromatic nitrogens is 1. The smallest absolute Gasteiger partial charge is 0.251 e. The molecule has 0 aliphatic heterocycles. The van der Waals surface area contributed by atoms with Crippen LogP contribution in [0.2, 0.25) is 0 Å². The van der Waals surface area contributed by atoms with Gasteiger partial charge in [0.1, 0.15) is 5.01 Å². The van der Waals surface area contributed by atoms with Gasteiger partial charge in [0.2, 0.25) is 0 Å². The van der Waals surface area contributed by atoms with Crippen LogP contribution in [0, 0.1) is 0 Å². The number of nitrogens with one attached hydrogen (secondary N) is 1. The molecular formula is C17H14N2OS. The normalized spacial score (nSPS) is 10.3. The summed E-state index contributed by atoms with van der Waals surface area (Å²) in [5.41, 5.74) is 2.80. The summed E-state index contributed by atoms with van der Waals surface area (Å²) in [6.07, 6.45) is 1.74. The van der Waals surface area contributed by atoms with Crippen LogP contribution in [-0.4, -0.2) is 10.9 Å². The molecule has 1 heterocycles. The summed E-state index contributed by atoms with van der Waals surface area (Å²) in [6, 6.07) is 17.7. The van der Waals surface area contributed by atoms with Gasteiger partial charge in [-0.2, -0.15) is 0 Å². The largest absolute Gasteiger partial charge is 0.346 e. The molecule has 0 radical (unpaired) electrons. The minimum Gasteiger partial charge on any atom is -0.346 e. The van der Waals surface area contributed by atoms with Gasteiger partial charge >= 0.3 is 0 Å². The van der Waals surface area contributed by atoms with E-state index in [9.17, 15) is 4.79 Å². The second-order valence-electron chi connectivity index (χ2n) is 4.56. The van der Waals surface area contributed by atoms with E-state index in [0.29, 0.717) is 12.1 Å². The molecule has 0 spiro atoms. The Kier molecular flexibility index (Phi) is 4.07.